The molecular formula is C44H9F19N4O2Pd. The minimum Gasteiger partial charge on any atom is -0.657 e. The average Bonchev–Trinajstić information content (AvgIpc) is 4.18. The molecule has 0 radical (unpaired) electrons. The Balaban J connectivity index is 0.00000608. The van der Waals surface area contributed by atoms with E-state index < -0.39 is 218 Å². The Kier molecular flexibility index (Phi) is 11.3. The summed E-state index contributed by atoms with van der Waals surface area (Å²) in [5, 5.41) is 11.8. The molecular weight excluding hydrogens is 1080 g/mol. The summed E-state index contributed by atoms with van der Waals surface area (Å²) in [6.07, 6.45) is -4.05. The number of aliphatic hydroxyl groups is 1. The summed E-state index contributed by atoms with van der Waals surface area (Å²) in [5.41, 5.74) is -21.4. The standard InChI is InChI=1S/C44H9F19N4O2.Pd/c45-21-17(22(46)29(53)35(59)28(21)52)13-7-1-2-8(64-7)14(18-23(47)30(54)36(60)31(55)24(18)48)10-4-6-12(66-10)16-20-27(51)34(58)38(62)39(63)43(20)69-44-41(16)67-40(42(44)68)15(11-5-3-9(13)65-11)19-25(49)32(56)37(61)33(57)26(19)50;/h1-6,42,44,68H;/q-2;+2/t42-,44+;/m0./s1. The molecule has 3 aliphatic heterocycles. The Labute approximate surface area is 387 Å². The minimum atomic E-state index is -2.76. The Hall–Kier alpha value is -7.17. The number of nitrogens with zero attached hydrogens (tertiary/aromatic N) is 4. The van der Waals surface area contributed by atoms with Gasteiger partial charge in [-0.2, -0.15) is 4.39 Å². The van der Waals surface area contributed by atoms with Gasteiger partial charge < -0.3 is 19.8 Å². The van der Waals surface area contributed by atoms with E-state index >= 15 is 48.3 Å². The number of fused-ring (bicyclic) bond motifs is 10. The molecule has 0 amide bonds. The second-order valence-corrected chi connectivity index (χ2v) is 14.8. The van der Waals surface area contributed by atoms with Crippen molar-refractivity contribution >= 4 is 34.2 Å². The van der Waals surface area contributed by atoms with Gasteiger partial charge >= 0.3 is 20.4 Å². The first-order chi connectivity index (χ1) is 32.6. The zero-order valence-electron chi connectivity index (χ0n) is 32.8. The summed E-state index contributed by atoms with van der Waals surface area (Å²) in [6, 6.07) is 2.33. The summed E-state index contributed by atoms with van der Waals surface area (Å²) in [5.74, 6) is -51.4. The van der Waals surface area contributed by atoms with Crippen molar-refractivity contribution in [2.75, 3.05) is 0 Å². The van der Waals surface area contributed by atoms with Gasteiger partial charge in [-0.05, 0) is 34.4 Å². The van der Waals surface area contributed by atoms with Crippen LogP contribution < -0.4 is 14.7 Å². The van der Waals surface area contributed by atoms with Gasteiger partial charge in [-0.15, -0.1) is 22.1 Å². The molecule has 0 unspecified atom stereocenters. The molecule has 0 spiro atoms. The van der Waals surface area contributed by atoms with Crippen molar-refractivity contribution in [2.24, 2.45) is 0 Å². The maximum atomic E-state index is 16.0. The van der Waals surface area contributed by atoms with E-state index in [-0.39, 0.29) is 20.4 Å². The third kappa shape index (κ3) is 6.44. The maximum absolute atomic E-state index is 16.0. The second kappa shape index (κ2) is 16.5. The van der Waals surface area contributed by atoms with E-state index in [1.807, 2.05) is 0 Å². The first-order valence-corrected chi connectivity index (χ1v) is 18.7. The summed E-state index contributed by atoms with van der Waals surface area (Å²) in [7, 11) is 0. The molecule has 360 valence electrons. The summed E-state index contributed by atoms with van der Waals surface area (Å²) >= 11 is 0. The fourth-order valence-corrected chi connectivity index (χ4v) is 8.09. The van der Waals surface area contributed by atoms with Crippen LogP contribution in [0.3, 0.4) is 0 Å². The van der Waals surface area contributed by atoms with E-state index in [0.717, 1.165) is 0 Å². The van der Waals surface area contributed by atoms with Crippen LogP contribution in [0.5, 0.6) is 5.75 Å². The maximum Gasteiger partial charge on any atom is 2.00 e. The van der Waals surface area contributed by atoms with Gasteiger partial charge in [0.05, 0.1) is 45.0 Å². The molecule has 1 N–H and O–H groups in total. The van der Waals surface area contributed by atoms with Crippen LogP contribution >= 0.6 is 0 Å². The van der Waals surface area contributed by atoms with Crippen LogP contribution in [0.2, 0.25) is 0 Å². The number of rotatable bonds is 3. The van der Waals surface area contributed by atoms with Gasteiger partial charge in [-0.25, -0.2) is 89.0 Å². The molecule has 10 rings (SSSR count). The van der Waals surface area contributed by atoms with Gasteiger partial charge in [0.2, 0.25) is 29.1 Å². The van der Waals surface area contributed by atoms with E-state index in [4.69, 9.17) is 4.74 Å². The molecule has 2 atom stereocenters. The molecule has 0 saturated heterocycles. The summed E-state index contributed by atoms with van der Waals surface area (Å²) < 4.78 is 295. The molecule has 3 aromatic heterocycles. The molecule has 6 nitrogen and oxygen atoms in total. The topological polar surface area (TPSA) is 83.4 Å². The van der Waals surface area contributed by atoms with E-state index in [2.05, 4.69) is 19.9 Å². The van der Waals surface area contributed by atoms with Crippen molar-refractivity contribution in [1.82, 2.24) is 19.9 Å². The van der Waals surface area contributed by atoms with Gasteiger partial charge in [0.25, 0.3) is 0 Å². The van der Waals surface area contributed by atoms with E-state index in [9.17, 15) is 40.2 Å². The zero-order chi connectivity index (χ0) is 49.7. The molecule has 0 saturated carbocycles. The molecule has 6 heterocycles. The van der Waals surface area contributed by atoms with E-state index in [1.54, 1.807) is 0 Å². The minimum absolute atomic E-state index is 0. The zero-order valence-corrected chi connectivity index (χ0v) is 34.3. The molecule has 26 heteroatoms. The Bertz CT molecular complexity index is 3680. The van der Waals surface area contributed by atoms with Crippen molar-refractivity contribution < 1.29 is 114 Å². The van der Waals surface area contributed by atoms with Crippen LogP contribution in [0, 0.1) is 111 Å². The predicted octanol–water partition coefficient (Wildman–Crippen LogP) is 12.2. The van der Waals surface area contributed by atoms with Crippen molar-refractivity contribution in [3.05, 3.63) is 158 Å². The van der Waals surface area contributed by atoms with Gasteiger partial charge in [0, 0.05) is 0 Å². The van der Waals surface area contributed by atoms with E-state index in [0.29, 0.717) is 36.4 Å². The van der Waals surface area contributed by atoms with Crippen LogP contribution in [0.4, 0.5) is 83.4 Å². The predicted molar refractivity (Wildman–Crippen MR) is 197 cm³/mol. The van der Waals surface area contributed by atoms with Crippen molar-refractivity contribution in [3.8, 4) is 50.3 Å². The molecule has 7 aromatic rings. The quantitative estimate of drug-likeness (QED) is 0.0821. The summed E-state index contributed by atoms with van der Waals surface area (Å²) in [4.78, 5) is 15.8. The van der Waals surface area contributed by atoms with Gasteiger partial charge in [0.1, 0.15) is 6.10 Å². The van der Waals surface area contributed by atoms with Crippen LogP contribution in [0.25, 0.3) is 78.7 Å². The molecule has 0 aliphatic carbocycles. The van der Waals surface area contributed by atoms with E-state index in [1.165, 1.54) is 0 Å². The first kappa shape index (κ1) is 47.9. The number of aromatic nitrogens is 4. The fourth-order valence-electron chi connectivity index (χ4n) is 8.09. The van der Waals surface area contributed by atoms with Crippen molar-refractivity contribution in [2.45, 2.75) is 12.2 Å². The number of halogens is 19. The molecule has 8 bridgehead atoms. The number of aliphatic hydroxyl groups excluding tert-OH is 1. The van der Waals surface area contributed by atoms with Gasteiger partial charge in [0.15, 0.2) is 93.3 Å². The third-order valence-electron chi connectivity index (χ3n) is 11.1. The first-order valence-electron chi connectivity index (χ1n) is 18.7. The largest absolute Gasteiger partial charge is 2.00 e. The normalized spacial score (nSPS) is 14.8. The second-order valence-electron chi connectivity index (χ2n) is 14.8. The number of ether oxygens (including phenoxy) is 1. The van der Waals surface area contributed by atoms with Crippen LogP contribution in [-0.2, 0) is 20.4 Å². The van der Waals surface area contributed by atoms with Gasteiger partial charge in [-0.3, -0.25) is 0 Å². The Morgan fingerprint density at radius 3 is 1.00 bits per heavy atom. The fraction of sp³-hybridized carbons (Fsp3) is 0.0455. The smallest absolute Gasteiger partial charge is 0.657 e. The van der Waals surface area contributed by atoms with Crippen LogP contribution in [-0.4, -0.2) is 15.1 Å². The average molecular weight is 1090 g/mol. The van der Waals surface area contributed by atoms with Crippen LogP contribution in [0.1, 0.15) is 35.0 Å². The molecule has 70 heavy (non-hydrogen) atoms. The monoisotopic (exact) mass is 1090 g/mol. The molecule has 3 aliphatic rings. The van der Waals surface area contributed by atoms with Crippen molar-refractivity contribution in [1.29, 1.82) is 0 Å². The SMILES string of the molecule is O[C@H]1c2nc3c(c4ccc([n-]4)c(-c4c(F)c(F)c(F)c(F)c4F)c4nc(c(-c5c(F)c(F)c(F)c(F)c5F)c5ccc([n-]5)c2-c2c(F)c(F)c(F)c(F)c2F)C=C4)-c2c(F)c(F)c(F)c(F)c2O[C@H]31.[Pd+2]. The van der Waals surface area contributed by atoms with Crippen LogP contribution in [0.15, 0.2) is 24.3 Å². The van der Waals surface area contributed by atoms with Crippen molar-refractivity contribution in [3.63, 3.8) is 0 Å². The number of benzene rings is 4. The third-order valence-corrected chi connectivity index (χ3v) is 11.1. The number of hydrogen-bond donors (Lipinski definition) is 1. The molecule has 4 aromatic carbocycles. The summed E-state index contributed by atoms with van der Waals surface area (Å²) in [6.45, 7) is 0. The Morgan fingerprint density at radius 1 is 0.343 bits per heavy atom. The number of hydrogen-bond acceptors (Lipinski definition) is 4. The Morgan fingerprint density at radius 2 is 0.629 bits per heavy atom. The molecule has 0 fully saturated rings. The van der Waals surface area contributed by atoms with Gasteiger partial charge in [-0.1, -0.05) is 24.3 Å².